The van der Waals surface area contributed by atoms with E-state index in [1.807, 2.05) is 0 Å². The van der Waals surface area contributed by atoms with E-state index < -0.39 is 0 Å². The zero-order chi connectivity index (χ0) is 8.48. The highest BCUT2D eigenvalue weighted by Crippen LogP contribution is 2.32. The van der Waals surface area contributed by atoms with E-state index in [0.29, 0.717) is 11.3 Å². The quantitative estimate of drug-likeness (QED) is 0.582. The second-order valence-corrected chi connectivity index (χ2v) is 4.62. The summed E-state index contributed by atoms with van der Waals surface area (Å²) in [4.78, 5) is 0. The summed E-state index contributed by atoms with van der Waals surface area (Å²) in [6.45, 7) is 8.44. The van der Waals surface area contributed by atoms with Gasteiger partial charge in [0.05, 0.1) is 0 Å². The predicted molar refractivity (Wildman–Crippen MR) is 45.5 cm³/mol. The molecule has 0 radical (unpaired) electrons. The van der Waals surface area contributed by atoms with Crippen LogP contribution in [0.4, 0.5) is 0 Å². The highest BCUT2D eigenvalue weighted by molar-refractivity contribution is 4.78. The lowest BCUT2D eigenvalue weighted by Crippen LogP contribution is -2.38. The molecule has 0 saturated carbocycles. The SMILES string of the molecule is CC(C)(C)C1CCCN(O)C1. The largest absolute Gasteiger partial charge is 0.314 e. The molecule has 1 heterocycles. The van der Waals surface area contributed by atoms with Crippen molar-refractivity contribution in [2.45, 2.75) is 33.6 Å². The molecule has 1 fully saturated rings. The number of rotatable bonds is 0. The van der Waals surface area contributed by atoms with Crippen molar-refractivity contribution in [1.29, 1.82) is 0 Å². The number of hydrogen-bond donors (Lipinski definition) is 1. The number of piperidine rings is 1. The Labute approximate surface area is 69.2 Å². The molecule has 1 rings (SSSR count). The van der Waals surface area contributed by atoms with E-state index in [1.54, 1.807) is 0 Å². The van der Waals surface area contributed by atoms with E-state index >= 15 is 0 Å². The van der Waals surface area contributed by atoms with Gasteiger partial charge in [0.1, 0.15) is 0 Å². The van der Waals surface area contributed by atoms with E-state index in [9.17, 15) is 5.21 Å². The van der Waals surface area contributed by atoms with Crippen LogP contribution in [-0.4, -0.2) is 23.4 Å². The monoisotopic (exact) mass is 157 g/mol. The molecule has 0 spiro atoms. The summed E-state index contributed by atoms with van der Waals surface area (Å²) in [5, 5.41) is 10.7. The minimum atomic E-state index is 0.349. The van der Waals surface area contributed by atoms with Crippen LogP contribution in [0.15, 0.2) is 0 Å². The van der Waals surface area contributed by atoms with E-state index in [-0.39, 0.29) is 0 Å². The van der Waals surface area contributed by atoms with Gasteiger partial charge in [0.25, 0.3) is 0 Å². The van der Waals surface area contributed by atoms with Crippen LogP contribution >= 0.6 is 0 Å². The zero-order valence-corrected chi connectivity index (χ0v) is 7.80. The molecule has 1 aliphatic rings. The third kappa shape index (κ3) is 2.46. The van der Waals surface area contributed by atoms with E-state index in [1.165, 1.54) is 11.5 Å². The van der Waals surface area contributed by atoms with Crippen molar-refractivity contribution < 1.29 is 5.21 Å². The molecule has 1 N–H and O–H groups in total. The Balaban J connectivity index is 2.46. The second kappa shape index (κ2) is 3.11. The van der Waals surface area contributed by atoms with Crippen LogP contribution in [-0.2, 0) is 0 Å². The van der Waals surface area contributed by atoms with Gasteiger partial charge in [-0.2, -0.15) is 5.06 Å². The van der Waals surface area contributed by atoms with Gasteiger partial charge in [-0.05, 0) is 24.2 Å². The third-order valence-electron chi connectivity index (χ3n) is 2.62. The zero-order valence-electron chi connectivity index (χ0n) is 7.80. The maximum Gasteiger partial charge on any atom is 0.0271 e. The summed E-state index contributed by atoms with van der Waals surface area (Å²) < 4.78 is 0. The summed E-state index contributed by atoms with van der Waals surface area (Å²) in [7, 11) is 0. The van der Waals surface area contributed by atoms with Gasteiger partial charge >= 0.3 is 0 Å². The molecule has 0 amide bonds. The maximum absolute atomic E-state index is 9.28. The van der Waals surface area contributed by atoms with Gasteiger partial charge in [-0.25, -0.2) is 0 Å². The predicted octanol–water partition coefficient (Wildman–Crippen LogP) is 2.13. The van der Waals surface area contributed by atoms with Crippen LogP contribution in [0.25, 0.3) is 0 Å². The summed E-state index contributed by atoms with van der Waals surface area (Å²) >= 11 is 0. The molecule has 0 aromatic carbocycles. The lowest BCUT2D eigenvalue weighted by molar-refractivity contribution is -0.129. The molecule has 0 bridgehead atoms. The Morgan fingerprint density at radius 3 is 2.36 bits per heavy atom. The normalized spacial score (nSPS) is 28.9. The average Bonchev–Trinajstić information content (AvgIpc) is 1.86. The van der Waals surface area contributed by atoms with Gasteiger partial charge in [0.15, 0.2) is 0 Å². The first kappa shape index (κ1) is 9.01. The van der Waals surface area contributed by atoms with Gasteiger partial charge < -0.3 is 5.21 Å². The van der Waals surface area contributed by atoms with Gasteiger partial charge in [-0.1, -0.05) is 20.8 Å². The van der Waals surface area contributed by atoms with Gasteiger partial charge in [-0.15, -0.1) is 0 Å². The highest BCUT2D eigenvalue weighted by Gasteiger charge is 2.28. The molecule has 1 saturated heterocycles. The van der Waals surface area contributed by atoms with E-state index in [0.717, 1.165) is 19.5 Å². The fraction of sp³-hybridized carbons (Fsp3) is 1.00. The molecular formula is C9H19NO. The minimum absolute atomic E-state index is 0.349. The van der Waals surface area contributed by atoms with E-state index in [2.05, 4.69) is 20.8 Å². The number of hydroxylamine groups is 2. The van der Waals surface area contributed by atoms with Gasteiger partial charge in [-0.3, -0.25) is 0 Å². The number of hydrogen-bond acceptors (Lipinski definition) is 2. The molecule has 66 valence electrons. The molecule has 1 atom stereocenters. The maximum atomic E-state index is 9.28. The molecule has 2 heteroatoms. The van der Waals surface area contributed by atoms with Crippen LogP contribution in [0.5, 0.6) is 0 Å². The molecule has 0 aliphatic carbocycles. The topological polar surface area (TPSA) is 23.5 Å². The van der Waals surface area contributed by atoms with Crippen molar-refractivity contribution in [3.05, 3.63) is 0 Å². The molecule has 0 aromatic rings. The first-order valence-corrected chi connectivity index (χ1v) is 4.44. The van der Waals surface area contributed by atoms with Crippen molar-refractivity contribution in [2.24, 2.45) is 11.3 Å². The van der Waals surface area contributed by atoms with Gasteiger partial charge in [0.2, 0.25) is 0 Å². The average molecular weight is 157 g/mol. The van der Waals surface area contributed by atoms with Gasteiger partial charge in [0, 0.05) is 13.1 Å². The Morgan fingerprint density at radius 1 is 1.36 bits per heavy atom. The lowest BCUT2D eigenvalue weighted by atomic mass is 9.77. The van der Waals surface area contributed by atoms with Crippen LogP contribution in [0.1, 0.15) is 33.6 Å². The summed E-state index contributed by atoms with van der Waals surface area (Å²) in [5.41, 5.74) is 0.349. The molecule has 0 aromatic heterocycles. The molecule has 11 heavy (non-hydrogen) atoms. The lowest BCUT2D eigenvalue weighted by Gasteiger charge is -2.36. The molecular weight excluding hydrogens is 138 g/mol. The molecule has 1 unspecified atom stereocenters. The highest BCUT2D eigenvalue weighted by atomic mass is 16.5. The van der Waals surface area contributed by atoms with Crippen LogP contribution in [0.2, 0.25) is 0 Å². The molecule has 2 nitrogen and oxygen atoms in total. The first-order chi connectivity index (χ1) is 5.00. The van der Waals surface area contributed by atoms with Crippen LogP contribution in [0, 0.1) is 11.3 Å². The van der Waals surface area contributed by atoms with Crippen molar-refractivity contribution in [2.75, 3.05) is 13.1 Å². The summed E-state index contributed by atoms with van der Waals surface area (Å²) in [5.74, 6) is 0.654. The Morgan fingerprint density at radius 2 is 2.00 bits per heavy atom. The smallest absolute Gasteiger partial charge is 0.0271 e. The standard InChI is InChI=1S/C9H19NO/c1-9(2,3)8-5-4-6-10(11)7-8/h8,11H,4-7H2,1-3H3. The Kier molecular flexibility index (Phi) is 2.55. The van der Waals surface area contributed by atoms with Crippen molar-refractivity contribution in [3.8, 4) is 0 Å². The summed E-state index contributed by atoms with van der Waals surface area (Å²) in [6.07, 6.45) is 2.40. The van der Waals surface area contributed by atoms with Crippen LogP contribution in [0.3, 0.4) is 0 Å². The van der Waals surface area contributed by atoms with E-state index in [4.69, 9.17) is 0 Å². The first-order valence-electron chi connectivity index (χ1n) is 4.44. The van der Waals surface area contributed by atoms with Crippen molar-refractivity contribution in [3.63, 3.8) is 0 Å². The Bertz CT molecular complexity index is 128. The summed E-state index contributed by atoms with van der Waals surface area (Å²) in [6, 6.07) is 0. The fourth-order valence-corrected chi connectivity index (χ4v) is 1.66. The number of nitrogens with zero attached hydrogens (tertiary/aromatic N) is 1. The third-order valence-corrected chi connectivity index (χ3v) is 2.62. The van der Waals surface area contributed by atoms with Crippen LogP contribution < -0.4 is 0 Å². The molecule has 1 aliphatic heterocycles. The second-order valence-electron chi connectivity index (χ2n) is 4.62. The Hall–Kier alpha value is -0.0800. The minimum Gasteiger partial charge on any atom is -0.314 e. The van der Waals surface area contributed by atoms with Crippen molar-refractivity contribution >= 4 is 0 Å². The van der Waals surface area contributed by atoms with Crippen molar-refractivity contribution in [1.82, 2.24) is 5.06 Å². The fourth-order valence-electron chi connectivity index (χ4n) is 1.66.